The minimum Gasteiger partial charge on any atom is -0.494 e. The van der Waals surface area contributed by atoms with E-state index in [0.29, 0.717) is 23.1 Å². The summed E-state index contributed by atoms with van der Waals surface area (Å²) >= 11 is 6.47. The first kappa shape index (κ1) is 18.9. The van der Waals surface area contributed by atoms with Crippen molar-refractivity contribution >= 4 is 11.6 Å². The Morgan fingerprint density at radius 2 is 2.00 bits per heavy atom. The van der Waals surface area contributed by atoms with E-state index in [4.69, 9.17) is 26.8 Å². The minimum atomic E-state index is -0.484. The second kappa shape index (κ2) is 7.90. The molecule has 29 heavy (non-hydrogen) atoms. The molecule has 3 N–H and O–H groups in total. The quantitative estimate of drug-likeness (QED) is 0.638. The zero-order valence-electron chi connectivity index (χ0n) is 15.8. The average molecular weight is 407 g/mol. The maximum absolute atomic E-state index is 9.77. The summed E-state index contributed by atoms with van der Waals surface area (Å²) in [4.78, 5) is 0. The van der Waals surface area contributed by atoms with E-state index in [1.165, 1.54) is 0 Å². The van der Waals surface area contributed by atoms with Crippen molar-refractivity contribution in [3.63, 3.8) is 0 Å². The molecule has 0 aliphatic carbocycles. The molecule has 1 aliphatic heterocycles. The third kappa shape index (κ3) is 3.41. The number of nitriles is 1. The summed E-state index contributed by atoms with van der Waals surface area (Å²) in [6.07, 6.45) is 0.942. The normalized spacial score (nSPS) is 15.4. The van der Waals surface area contributed by atoms with E-state index in [0.717, 1.165) is 34.6 Å². The van der Waals surface area contributed by atoms with Crippen LogP contribution in [-0.4, -0.2) is 16.8 Å². The van der Waals surface area contributed by atoms with E-state index in [1.807, 2.05) is 42.5 Å². The molecule has 0 amide bonds. The molecule has 146 valence electrons. The lowest BCUT2D eigenvalue weighted by molar-refractivity contribution is 0.317. The number of fused-ring (bicyclic) bond motifs is 1. The molecule has 1 aliphatic rings. The van der Waals surface area contributed by atoms with Crippen LogP contribution in [0.25, 0.3) is 11.3 Å². The summed E-state index contributed by atoms with van der Waals surface area (Å²) in [6.45, 7) is 2.73. The predicted molar refractivity (Wildman–Crippen MR) is 111 cm³/mol. The molecule has 7 heteroatoms. The zero-order valence-corrected chi connectivity index (χ0v) is 16.5. The minimum absolute atomic E-state index is 0.0336. The van der Waals surface area contributed by atoms with Crippen LogP contribution in [0.3, 0.4) is 0 Å². The van der Waals surface area contributed by atoms with E-state index in [9.17, 15) is 5.26 Å². The molecular formula is C22H19ClN4O2. The Labute approximate surface area is 173 Å². The van der Waals surface area contributed by atoms with Crippen LogP contribution < -0.4 is 15.2 Å². The summed E-state index contributed by atoms with van der Waals surface area (Å²) in [5.41, 5.74) is 9.45. The number of halogens is 1. The van der Waals surface area contributed by atoms with Gasteiger partial charge in [-0.15, -0.1) is 5.10 Å². The van der Waals surface area contributed by atoms with Gasteiger partial charge in [-0.25, -0.2) is 0 Å². The molecular weight excluding hydrogens is 388 g/mol. The van der Waals surface area contributed by atoms with Crippen molar-refractivity contribution in [1.29, 1.82) is 5.26 Å². The Balaban J connectivity index is 1.83. The molecule has 1 atom stereocenters. The van der Waals surface area contributed by atoms with Gasteiger partial charge < -0.3 is 15.2 Å². The number of rotatable bonds is 5. The second-order valence-electron chi connectivity index (χ2n) is 6.64. The summed E-state index contributed by atoms with van der Waals surface area (Å²) in [7, 11) is 0. The molecule has 6 nitrogen and oxygen atoms in total. The van der Waals surface area contributed by atoms with Gasteiger partial charge in [0.2, 0.25) is 11.8 Å². The van der Waals surface area contributed by atoms with Gasteiger partial charge in [-0.05, 0) is 42.3 Å². The molecule has 3 aromatic rings. The van der Waals surface area contributed by atoms with E-state index in [-0.39, 0.29) is 5.88 Å². The largest absolute Gasteiger partial charge is 0.494 e. The van der Waals surface area contributed by atoms with Gasteiger partial charge in [-0.1, -0.05) is 36.7 Å². The number of ether oxygens (including phenoxy) is 2. The fourth-order valence-electron chi connectivity index (χ4n) is 3.42. The summed E-state index contributed by atoms with van der Waals surface area (Å²) < 4.78 is 11.3. The van der Waals surface area contributed by atoms with Gasteiger partial charge in [-0.2, -0.15) is 5.26 Å². The SMILES string of the molecule is CCCOc1ccc(-c2[nH]nc3c2[C@H](c2ccccc2Cl)C(C#N)=C(N)O3)cc1. The molecule has 0 saturated heterocycles. The lowest BCUT2D eigenvalue weighted by Crippen LogP contribution is -2.21. The van der Waals surface area contributed by atoms with Gasteiger partial charge in [0.25, 0.3) is 0 Å². The molecule has 2 aromatic carbocycles. The summed E-state index contributed by atoms with van der Waals surface area (Å²) in [6, 6.07) is 17.3. The molecule has 1 aromatic heterocycles. The Hall–Kier alpha value is -3.43. The maximum Gasteiger partial charge on any atom is 0.244 e. The van der Waals surface area contributed by atoms with Gasteiger partial charge >= 0.3 is 0 Å². The molecule has 0 unspecified atom stereocenters. The second-order valence-corrected chi connectivity index (χ2v) is 7.04. The van der Waals surface area contributed by atoms with Crippen LogP contribution in [0.2, 0.25) is 5.02 Å². The Morgan fingerprint density at radius 1 is 1.24 bits per heavy atom. The number of benzene rings is 2. The number of aromatic nitrogens is 2. The van der Waals surface area contributed by atoms with Gasteiger partial charge in [0, 0.05) is 10.6 Å². The fourth-order valence-corrected chi connectivity index (χ4v) is 3.67. The smallest absolute Gasteiger partial charge is 0.244 e. The lowest BCUT2D eigenvalue weighted by atomic mass is 9.83. The Bertz CT molecular complexity index is 1110. The Kier molecular flexibility index (Phi) is 5.15. The van der Waals surface area contributed by atoms with E-state index >= 15 is 0 Å². The topological polar surface area (TPSA) is 97.0 Å². The molecule has 0 saturated carbocycles. The number of aromatic amines is 1. The third-order valence-corrected chi connectivity index (χ3v) is 5.12. The van der Waals surface area contributed by atoms with E-state index in [1.54, 1.807) is 6.07 Å². The number of nitrogens with two attached hydrogens (primary N) is 1. The van der Waals surface area contributed by atoms with E-state index in [2.05, 4.69) is 23.2 Å². The van der Waals surface area contributed by atoms with Crippen molar-refractivity contribution in [3.8, 4) is 29.0 Å². The van der Waals surface area contributed by atoms with Gasteiger partial charge in [0.1, 0.15) is 17.4 Å². The van der Waals surface area contributed by atoms with Crippen molar-refractivity contribution < 1.29 is 9.47 Å². The molecule has 2 heterocycles. The highest BCUT2D eigenvalue weighted by atomic mass is 35.5. The molecule has 0 radical (unpaired) electrons. The van der Waals surface area contributed by atoms with Crippen molar-refractivity contribution in [2.24, 2.45) is 5.73 Å². The van der Waals surface area contributed by atoms with Crippen LogP contribution in [-0.2, 0) is 0 Å². The van der Waals surface area contributed by atoms with Gasteiger partial charge in [0.15, 0.2) is 0 Å². The van der Waals surface area contributed by atoms with Crippen LogP contribution in [0, 0.1) is 11.3 Å². The molecule has 0 fully saturated rings. The van der Waals surface area contributed by atoms with Crippen molar-refractivity contribution in [2.75, 3.05) is 6.61 Å². The van der Waals surface area contributed by atoms with Crippen LogP contribution in [0.5, 0.6) is 11.6 Å². The van der Waals surface area contributed by atoms with Gasteiger partial charge in [-0.3, -0.25) is 5.10 Å². The molecule has 4 rings (SSSR count). The van der Waals surface area contributed by atoms with Gasteiger partial charge in [0.05, 0.1) is 23.8 Å². The van der Waals surface area contributed by atoms with Crippen LogP contribution >= 0.6 is 11.6 Å². The van der Waals surface area contributed by atoms with Crippen molar-refractivity contribution in [3.05, 3.63) is 76.1 Å². The summed E-state index contributed by atoms with van der Waals surface area (Å²) in [5.74, 6) is 0.686. The number of hydrogen-bond donors (Lipinski definition) is 2. The monoisotopic (exact) mass is 406 g/mol. The first-order chi connectivity index (χ1) is 14.1. The summed E-state index contributed by atoms with van der Waals surface area (Å²) in [5, 5.41) is 17.6. The zero-order chi connectivity index (χ0) is 20.4. The highest BCUT2D eigenvalue weighted by Gasteiger charge is 2.36. The van der Waals surface area contributed by atoms with Crippen molar-refractivity contribution in [2.45, 2.75) is 19.3 Å². The Morgan fingerprint density at radius 3 is 2.69 bits per heavy atom. The molecule has 0 bridgehead atoms. The first-order valence-corrected chi connectivity index (χ1v) is 9.65. The molecule has 0 spiro atoms. The number of allylic oxidation sites excluding steroid dienone is 1. The number of H-pyrrole nitrogens is 1. The van der Waals surface area contributed by atoms with Crippen LogP contribution in [0.15, 0.2) is 60.0 Å². The number of hydrogen-bond acceptors (Lipinski definition) is 5. The predicted octanol–water partition coefficient (Wildman–Crippen LogP) is 4.74. The van der Waals surface area contributed by atoms with Crippen molar-refractivity contribution in [1.82, 2.24) is 10.2 Å². The van der Waals surface area contributed by atoms with Crippen LogP contribution in [0.1, 0.15) is 30.4 Å². The fraction of sp³-hybridized carbons (Fsp3) is 0.182. The average Bonchev–Trinajstić information content (AvgIpc) is 3.15. The van der Waals surface area contributed by atoms with Crippen LogP contribution in [0.4, 0.5) is 0 Å². The first-order valence-electron chi connectivity index (χ1n) is 9.27. The highest BCUT2D eigenvalue weighted by Crippen LogP contribution is 2.47. The standard InChI is InChI=1S/C22H19ClN4O2/c1-2-11-28-14-9-7-13(8-10-14)20-19-18(15-5-3-4-6-17(15)23)16(12-24)21(25)29-22(19)27-26-20/h3-10,18H,2,11,25H2,1H3,(H,26,27)/t18-/m1/s1. The maximum atomic E-state index is 9.77. The number of nitrogens with zero attached hydrogens (tertiary/aromatic N) is 2. The number of nitrogens with one attached hydrogen (secondary N) is 1. The highest BCUT2D eigenvalue weighted by molar-refractivity contribution is 6.31. The third-order valence-electron chi connectivity index (χ3n) is 4.77. The lowest BCUT2D eigenvalue weighted by Gasteiger charge is -2.24. The van der Waals surface area contributed by atoms with E-state index < -0.39 is 5.92 Å².